The molecule has 3 nitrogen and oxygen atoms in total. The van der Waals surface area contributed by atoms with E-state index in [1.165, 1.54) is 0 Å². The first-order chi connectivity index (χ1) is 9.80. The number of fused-ring (bicyclic) bond motifs is 1. The summed E-state index contributed by atoms with van der Waals surface area (Å²) in [6.45, 7) is 2.11. The van der Waals surface area contributed by atoms with E-state index in [9.17, 15) is 4.79 Å². The first kappa shape index (κ1) is 12.0. The standard InChI is InChI=1S/C17H18N2O/c20-16(15-9-17(15)5-7-18-8-6-17)14-11-19-10-12-3-1-2-4-13(12)14/h1-4,10-11,15,18H,5-9H2. The van der Waals surface area contributed by atoms with E-state index in [0.717, 1.165) is 48.7 Å². The van der Waals surface area contributed by atoms with Crippen molar-refractivity contribution < 1.29 is 4.79 Å². The van der Waals surface area contributed by atoms with E-state index in [4.69, 9.17) is 0 Å². The summed E-state index contributed by atoms with van der Waals surface area (Å²) in [5.41, 5.74) is 1.10. The molecular weight excluding hydrogens is 248 g/mol. The maximum atomic E-state index is 12.8. The van der Waals surface area contributed by atoms with Crippen LogP contribution >= 0.6 is 0 Å². The lowest BCUT2D eigenvalue weighted by atomic mass is 9.89. The van der Waals surface area contributed by atoms with E-state index < -0.39 is 0 Å². The molecule has 0 amide bonds. The van der Waals surface area contributed by atoms with Crippen LogP contribution in [0.4, 0.5) is 0 Å². The normalized spacial score (nSPS) is 23.9. The number of aromatic nitrogens is 1. The van der Waals surface area contributed by atoms with Gasteiger partial charge in [0.15, 0.2) is 5.78 Å². The summed E-state index contributed by atoms with van der Waals surface area (Å²) in [5, 5.41) is 5.48. The Hall–Kier alpha value is -1.74. The van der Waals surface area contributed by atoms with Crippen LogP contribution in [0.15, 0.2) is 36.7 Å². The van der Waals surface area contributed by atoms with Gasteiger partial charge in [0.05, 0.1) is 0 Å². The average Bonchev–Trinajstić information content (AvgIpc) is 3.20. The van der Waals surface area contributed by atoms with Crippen LogP contribution in [0, 0.1) is 11.3 Å². The minimum absolute atomic E-state index is 0.220. The van der Waals surface area contributed by atoms with Crippen molar-refractivity contribution in [1.29, 1.82) is 0 Å². The minimum Gasteiger partial charge on any atom is -0.317 e. The molecule has 0 radical (unpaired) electrons. The Morgan fingerprint density at radius 2 is 2.00 bits per heavy atom. The number of Topliss-reactive ketones (excluding diaryl/α,β-unsaturated/α-hetero) is 1. The van der Waals surface area contributed by atoms with Crippen LogP contribution in [-0.2, 0) is 0 Å². The topological polar surface area (TPSA) is 42.0 Å². The fourth-order valence-electron chi connectivity index (χ4n) is 3.70. The molecule has 1 saturated heterocycles. The molecule has 1 aromatic heterocycles. The maximum absolute atomic E-state index is 12.8. The van der Waals surface area contributed by atoms with Gasteiger partial charge in [0.1, 0.15) is 0 Å². The van der Waals surface area contributed by atoms with E-state index >= 15 is 0 Å². The molecule has 4 rings (SSSR count). The number of hydrogen-bond donors (Lipinski definition) is 1. The Kier molecular flexibility index (Phi) is 2.64. The number of carbonyl (C=O) groups excluding carboxylic acids is 1. The molecule has 1 N–H and O–H groups in total. The molecule has 1 spiro atoms. The largest absolute Gasteiger partial charge is 0.317 e. The highest BCUT2D eigenvalue weighted by molar-refractivity contribution is 6.10. The summed E-state index contributed by atoms with van der Waals surface area (Å²) >= 11 is 0. The number of ketones is 1. The van der Waals surface area contributed by atoms with Crippen molar-refractivity contribution in [2.24, 2.45) is 11.3 Å². The predicted molar refractivity (Wildman–Crippen MR) is 78.7 cm³/mol. The molecule has 3 heteroatoms. The zero-order valence-electron chi connectivity index (χ0n) is 11.4. The zero-order chi connectivity index (χ0) is 13.6. The fraction of sp³-hybridized carbons (Fsp3) is 0.412. The van der Waals surface area contributed by atoms with Crippen LogP contribution in [0.25, 0.3) is 10.8 Å². The molecule has 2 aliphatic rings. The predicted octanol–water partition coefficient (Wildman–Crippen LogP) is 2.81. The molecule has 102 valence electrons. The number of rotatable bonds is 2. The van der Waals surface area contributed by atoms with E-state index in [-0.39, 0.29) is 5.92 Å². The molecular formula is C17H18N2O. The number of hydrogen-bond acceptors (Lipinski definition) is 3. The molecule has 2 fully saturated rings. The second-order valence-electron chi connectivity index (χ2n) is 6.14. The van der Waals surface area contributed by atoms with Crippen LogP contribution in [0.2, 0.25) is 0 Å². The van der Waals surface area contributed by atoms with E-state index in [0.29, 0.717) is 11.2 Å². The lowest BCUT2D eigenvalue weighted by Gasteiger charge is -2.23. The van der Waals surface area contributed by atoms with Gasteiger partial charge in [-0.3, -0.25) is 9.78 Å². The first-order valence-electron chi connectivity index (χ1n) is 7.38. The third-order valence-corrected chi connectivity index (χ3v) is 5.04. The summed E-state index contributed by atoms with van der Waals surface area (Å²) in [6.07, 6.45) is 6.93. The van der Waals surface area contributed by atoms with E-state index in [1.54, 1.807) is 6.20 Å². The Labute approximate surface area is 118 Å². The lowest BCUT2D eigenvalue weighted by Crippen LogP contribution is -2.30. The van der Waals surface area contributed by atoms with Gasteiger partial charge in [-0.15, -0.1) is 0 Å². The van der Waals surface area contributed by atoms with E-state index in [2.05, 4.69) is 10.3 Å². The van der Waals surface area contributed by atoms with Crippen LogP contribution in [-0.4, -0.2) is 23.9 Å². The van der Waals surface area contributed by atoms with Gasteiger partial charge in [-0.25, -0.2) is 0 Å². The molecule has 20 heavy (non-hydrogen) atoms. The summed E-state index contributed by atoms with van der Waals surface area (Å²) in [4.78, 5) is 17.1. The number of nitrogens with zero attached hydrogens (tertiary/aromatic N) is 1. The Morgan fingerprint density at radius 3 is 2.85 bits per heavy atom. The third kappa shape index (κ3) is 1.77. The van der Waals surface area contributed by atoms with Gasteiger partial charge < -0.3 is 5.32 Å². The molecule has 1 aliphatic heterocycles. The van der Waals surface area contributed by atoms with Crippen LogP contribution in [0.3, 0.4) is 0 Å². The molecule has 1 unspecified atom stereocenters. The SMILES string of the molecule is O=C(c1cncc2ccccc12)C1CC12CCNCC2. The van der Waals surface area contributed by atoms with Gasteiger partial charge in [0, 0.05) is 29.3 Å². The number of pyridine rings is 1. The molecule has 1 atom stereocenters. The van der Waals surface area contributed by atoms with Gasteiger partial charge in [-0.1, -0.05) is 24.3 Å². The fourth-order valence-corrected chi connectivity index (χ4v) is 3.70. The van der Waals surface area contributed by atoms with Gasteiger partial charge in [-0.2, -0.15) is 0 Å². The van der Waals surface area contributed by atoms with Crippen molar-refractivity contribution in [3.63, 3.8) is 0 Å². The highest BCUT2D eigenvalue weighted by Crippen LogP contribution is 2.59. The van der Waals surface area contributed by atoms with Crippen molar-refractivity contribution in [3.05, 3.63) is 42.2 Å². The first-order valence-corrected chi connectivity index (χ1v) is 7.38. The lowest BCUT2D eigenvalue weighted by molar-refractivity contribution is 0.0942. The van der Waals surface area contributed by atoms with Crippen LogP contribution in [0.5, 0.6) is 0 Å². The Bertz CT molecular complexity index is 668. The number of piperidine rings is 1. The quantitative estimate of drug-likeness (QED) is 0.850. The van der Waals surface area contributed by atoms with Gasteiger partial charge in [-0.05, 0) is 43.2 Å². The molecule has 2 aromatic rings. The van der Waals surface area contributed by atoms with Crippen molar-refractivity contribution in [2.75, 3.05) is 13.1 Å². The van der Waals surface area contributed by atoms with Crippen LogP contribution in [0.1, 0.15) is 29.6 Å². The van der Waals surface area contributed by atoms with Crippen LogP contribution < -0.4 is 5.32 Å². The van der Waals surface area contributed by atoms with Crippen molar-refractivity contribution in [1.82, 2.24) is 10.3 Å². The second kappa shape index (κ2) is 4.38. The Morgan fingerprint density at radius 1 is 1.20 bits per heavy atom. The smallest absolute Gasteiger partial charge is 0.168 e. The number of nitrogens with one attached hydrogen (secondary N) is 1. The third-order valence-electron chi connectivity index (χ3n) is 5.04. The Balaban J connectivity index is 1.68. The highest BCUT2D eigenvalue weighted by Gasteiger charge is 2.57. The molecule has 1 aliphatic carbocycles. The van der Waals surface area contributed by atoms with Crippen molar-refractivity contribution in [2.45, 2.75) is 19.3 Å². The number of carbonyl (C=O) groups is 1. The van der Waals surface area contributed by atoms with Gasteiger partial charge in [0.25, 0.3) is 0 Å². The molecule has 1 aromatic carbocycles. The summed E-state index contributed by atoms with van der Waals surface area (Å²) < 4.78 is 0. The summed E-state index contributed by atoms with van der Waals surface area (Å²) in [7, 11) is 0. The molecule has 0 bridgehead atoms. The minimum atomic E-state index is 0.220. The summed E-state index contributed by atoms with van der Waals surface area (Å²) in [5.74, 6) is 0.522. The maximum Gasteiger partial charge on any atom is 0.168 e. The zero-order valence-corrected chi connectivity index (χ0v) is 11.4. The molecule has 2 heterocycles. The highest BCUT2D eigenvalue weighted by atomic mass is 16.1. The average molecular weight is 266 g/mol. The summed E-state index contributed by atoms with van der Waals surface area (Å²) in [6, 6.07) is 8.03. The van der Waals surface area contributed by atoms with Gasteiger partial charge >= 0.3 is 0 Å². The van der Waals surface area contributed by atoms with E-state index in [1.807, 2.05) is 30.5 Å². The van der Waals surface area contributed by atoms with Crippen molar-refractivity contribution >= 4 is 16.6 Å². The van der Waals surface area contributed by atoms with Crippen molar-refractivity contribution in [3.8, 4) is 0 Å². The number of benzene rings is 1. The van der Waals surface area contributed by atoms with Gasteiger partial charge in [0.2, 0.25) is 0 Å². The monoisotopic (exact) mass is 266 g/mol. The molecule has 1 saturated carbocycles. The second-order valence-corrected chi connectivity index (χ2v) is 6.14.